The van der Waals surface area contributed by atoms with E-state index in [0.717, 1.165) is 6.92 Å². The van der Waals surface area contributed by atoms with Gasteiger partial charge in [0.1, 0.15) is 33.5 Å². The van der Waals surface area contributed by atoms with Crippen LogP contribution >= 0.6 is 0 Å². The number of hydrogen-bond donors (Lipinski definition) is 0. The van der Waals surface area contributed by atoms with Crippen LogP contribution < -0.4 is 0 Å². The van der Waals surface area contributed by atoms with Crippen LogP contribution in [0.2, 0.25) is 0 Å². The molecule has 0 bridgehead atoms. The Morgan fingerprint density at radius 3 is 0.820 bits per heavy atom. The molecule has 3 aliphatic carbocycles. The van der Waals surface area contributed by atoms with E-state index in [2.05, 4.69) is 0 Å². The third-order valence-corrected chi connectivity index (χ3v) is 26.7. The molecule has 0 fully saturated rings. The summed E-state index contributed by atoms with van der Waals surface area (Å²) in [6, 6.07) is -74.8. The Hall–Kier alpha value is -18.5. The Labute approximate surface area is 993 Å². The van der Waals surface area contributed by atoms with Crippen LogP contribution in [0.15, 0.2) is 497 Å². The standard InChI is InChI=1S/2C51H34O.C45H30O/c1-51(2)45-21-10-9-14-37(45)42-20-11-19-36(50(42)51)31-22-24-32(25-23-31)48-38-15-5-7-17-40(38)49(41-18-8-6-16-39(41)48)35-26-27-46-43(29-35)44-28-33-12-3-4-13-34(33)30-47(44)52-46;1-51(2)45-18-10-9-13-37(45)38-25-23-35(29-46(38)51)31-19-21-32(22-20-31)49-39-14-5-7-16-41(39)50(42-17-8-6-15-40(42)49)36-24-26-47-43(28-36)44-27-33-11-3-4-12-34(33)30-48(44)52-47;1-45(2)38-20-10-9-18-34(38)44-35(19-11-21-39(44)45)43-32-16-7-5-14-30(32)42(31-15-6-8-17-33(31)43)29-22-23-40-36(25-29)37-24-27-12-3-4-13-28(27)26-41(37)46-40/h2*3-30H,1-2H3;3-26H,1-2H3/i1D3,2D3,3D,4D,5D,6D,7D,8D,9D,10D,11D,12D,13D,14D,15D,16D,17D,18D,19D,20D,21D,22D,23D,24D,25D,26D,27D,28D,29D,30D;1D3,3D,4D,5D,6D,7D,8D,9D,10D,11D,12D,13D,14D,15D,16D,17D,18D,19D,20D,21D,22D,23D,24D,25D,26D,27D,28D,29D,30D;3D,4D,5D,6D,7D,8D,9D,10D,11D,12D,13D,14D,15D,16D,17D,18D,19D,20D,21D,22D,23D,24D,25D,26D. The quantitative estimate of drug-likeness (QED) is 0.142. The van der Waals surface area contributed by atoms with E-state index in [1.807, 2.05) is 0 Å². The first-order chi connectivity index (χ1) is 111. The van der Waals surface area contributed by atoms with Crippen LogP contribution in [0.1, 0.15) is 197 Å². The Bertz CT molecular complexity index is 16300. The van der Waals surface area contributed by atoms with E-state index in [1.165, 1.54) is 13.8 Å². The number of fused-ring (bicyclic) bond motifs is 27. The summed E-state index contributed by atoms with van der Waals surface area (Å²) in [7, 11) is 0. The zero-order chi connectivity index (χ0) is 177. The van der Waals surface area contributed by atoms with Crippen LogP contribution in [-0.2, 0) is 16.2 Å². The van der Waals surface area contributed by atoms with Gasteiger partial charge in [-0.2, -0.15) is 0 Å². The maximum atomic E-state index is 9.89. The average molecular weight is 2000 g/mol. The largest absolute Gasteiger partial charge is 0.456 e. The highest BCUT2D eigenvalue weighted by Gasteiger charge is 2.41. The van der Waals surface area contributed by atoms with Gasteiger partial charge in [-0.1, -0.05) is 446 Å². The van der Waals surface area contributed by atoms with Gasteiger partial charge in [-0.15, -0.1) is 0 Å². The van der Waals surface area contributed by atoms with Crippen molar-refractivity contribution in [2.45, 2.75) is 57.6 Å². The van der Waals surface area contributed by atoms with Gasteiger partial charge in [-0.25, -0.2) is 0 Å². The molecule has 0 aliphatic heterocycles. The van der Waals surface area contributed by atoms with Gasteiger partial charge in [0.2, 0.25) is 0 Å². The molecular weight excluding hydrogens is 1810 g/mol. The molecule has 0 spiro atoms. The van der Waals surface area contributed by atoms with E-state index in [1.54, 1.807) is 0 Å². The Morgan fingerprint density at radius 1 is 0.153 bits per heavy atom. The fourth-order valence-electron chi connectivity index (χ4n) is 20.0. The lowest BCUT2D eigenvalue weighted by molar-refractivity contribution is 0.660. The van der Waals surface area contributed by atoms with Crippen LogP contribution in [0.25, 0.3) is 285 Å². The van der Waals surface area contributed by atoms with Crippen LogP contribution in [0.4, 0.5) is 0 Å². The zero-order valence-electron chi connectivity index (χ0n) is 165. The zero-order valence-corrected chi connectivity index (χ0v) is 76.2. The van der Waals surface area contributed by atoms with Crippen LogP contribution in [0.3, 0.4) is 0 Å². The van der Waals surface area contributed by atoms with Crippen molar-refractivity contribution in [2.24, 2.45) is 0 Å². The van der Waals surface area contributed by atoms with Crippen molar-refractivity contribution in [1.82, 2.24) is 0 Å². The third-order valence-electron chi connectivity index (χ3n) is 26.7. The highest BCUT2D eigenvalue weighted by atomic mass is 16.3. The molecule has 29 aromatic rings. The molecule has 0 N–H and O–H groups in total. The molecule has 0 saturated heterocycles. The molecular formula is C147H98O3. The molecule has 3 heterocycles. The third kappa shape index (κ3) is 13.3. The summed E-state index contributed by atoms with van der Waals surface area (Å²) in [5, 5.41) is -14.9. The topological polar surface area (TPSA) is 39.4 Å². The normalized spacial score (nSPS) is 22.7. The van der Waals surface area contributed by atoms with Gasteiger partial charge in [0.15, 0.2) is 0 Å². The smallest absolute Gasteiger partial charge is 0.136 e. The molecule has 26 aromatic carbocycles. The van der Waals surface area contributed by atoms with Gasteiger partial charge >= 0.3 is 0 Å². The second-order valence-corrected chi connectivity index (χ2v) is 35.3. The Kier molecular flexibility index (Phi) is 7.97. The predicted molar refractivity (Wildman–Crippen MR) is 635 cm³/mol. The van der Waals surface area contributed by atoms with E-state index in [-0.39, 0.29) is 22.3 Å². The fourth-order valence-corrected chi connectivity index (χ4v) is 20.0. The monoisotopic (exact) mass is 2000 g/mol. The molecule has 0 radical (unpaired) electrons. The molecule has 3 nitrogen and oxygen atoms in total. The maximum Gasteiger partial charge on any atom is 0.136 e. The van der Waals surface area contributed by atoms with Crippen molar-refractivity contribution < 1.29 is 135 Å². The minimum absolute atomic E-state index is 0.0449. The summed E-state index contributed by atoms with van der Waals surface area (Å²) in [5.41, 5.74) is -31.6. The molecule has 0 saturated carbocycles. The van der Waals surface area contributed by atoms with Crippen LogP contribution in [-0.4, -0.2) is 0 Å². The molecule has 150 heavy (non-hydrogen) atoms. The fraction of sp³-hybridized carbons (Fsp3) is 0.0612. The molecule has 32 rings (SSSR count). The highest BCUT2D eigenvalue weighted by Crippen LogP contribution is 2.59. The number of hydrogen-bond acceptors (Lipinski definition) is 3. The minimum atomic E-state index is -3.97. The molecule has 3 heteroatoms. The van der Waals surface area contributed by atoms with E-state index in [4.69, 9.17) is 81.8 Å². The van der Waals surface area contributed by atoms with Crippen molar-refractivity contribution in [3.05, 3.63) is 517 Å². The molecule has 704 valence electrons. The molecule has 3 aromatic heterocycles. The second kappa shape index (κ2) is 33.2. The average Bonchev–Trinajstić information content (AvgIpc) is 1.48. The van der Waals surface area contributed by atoms with Crippen molar-refractivity contribution in [1.29, 1.82) is 0 Å². The first kappa shape index (κ1) is 36.0. The summed E-state index contributed by atoms with van der Waals surface area (Å²) in [4.78, 5) is 0. The van der Waals surface area contributed by atoms with E-state index < -0.39 is 816 Å². The van der Waals surface area contributed by atoms with Gasteiger partial charge in [-0.05, 0) is 331 Å². The SMILES string of the molecule is [2H]c1c([2H])c([2H])c2c(c1[2H])-c1c(-c3c4c([2H])c([2H])c([2H])c([2H])c4c(-c4c([2H])c([2H])c5oc6c([2H])c7c([2H])c([2H])c([2H])c([2H])c7c([2H])c6c5c4[2H])c4c([2H])c([2H])c([2H])c([2H])c34)c([2H])c([2H])c([2H])c1C2(C)C.[2H]c1c([2H])c([2H])c2c(c1[2H])-c1c([2H])c([2H])c(-c3c([2H])c([2H])c(-c4c5c([2H])c([2H])c([2H])c([2H])c5c(-c5c([2H])c([2H])c6oc7c([2H])c8c([2H])c([2H])c([2H])c([2H])c8c([2H])c7c6c5[2H])c5c([2H])c([2H])c([2H])c([2H])c45)c([2H])c3[2H])c([2H])c1C2(C)C([2H])([2H])[2H].[2H]c1c([2H])c([2H])c2c(c1[2H])-c1c([2H])c([2H])c([2H])c(-c3c([2H])c([2H])c(-c4c5c([2H])c([2H])c([2H])c([2H])c5c(-c5c([2H])c([2H])c6oc7c([2H])c8c([2H])c([2H])c([2H])c([2H])c8c([2H])c7c6c5[2H])c5c([2H])c([2H])c([2H])c([2H])c45)c([2H])c3[2H])c1C2(C([2H])([2H])[2H])C([2H])([2H])[2H]. The van der Waals surface area contributed by atoms with E-state index in [9.17, 15) is 53.5 Å². The molecule has 1 atom stereocenters. The van der Waals surface area contributed by atoms with E-state index >= 15 is 0 Å². The van der Waals surface area contributed by atoms with Crippen LogP contribution in [0, 0.1) is 0 Å². The van der Waals surface area contributed by atoms with Crippen molar-refractivity contribution in [2.75, 3.05) is 0 Å². The first-order valence-corrected chi connectivity index (χ1v) is 45.2. The summed E-state index contributed by atoms with van der Waals surface area (Å²) in [5.74, 6) is 0. The number of furan rings is 3. The minimum Gasteiger partial charge on any atom is -0.456 e. The summed E-state index contributed by atoms with van der Waals surface area (Å²) >= 11 is 0. The lowest BCUT2D eigenvalue weighted by Crippen LogP contribution is -2.16. The number of rotatable bonds is 8. The van der Waals surface area contributed by atoms with Gasteiger partial charge in [-0.3, -0.25) is 0 Å². The van der Waals surface area contributed by atoms with Crippen molar-refractivity contribution in [3.63, 3.8) is 0 Å². The lowest BCUT2D eigenvalue weighted by Gasteiger charge is -2.24. The lowest BCUT2D eigenvalue weighted by atomic mass is 9.78. The summed E-state index contributed by atoms with van der Waals surface area (Å²) < 4.78 is 827. The first-order valence-electron chi connectivity index (χ1n) is 89.7. The van der Waals surface area contributed by atoms with Crippen molar-refractivity contribution >= 4 is 163 Å². The van der Waals surface area contributed by atoms with Crippen molar-refractivity contribution in [3.8, 4) is 122 Å². The Morgan fingerprint density at radius 2 is 0.420 bits per heavy atom. The van der Waals surface area contributed by atoms with Gasteiger partial charge < -0.3 is 13.3 Å². The predicted octanol–water partition coefficient (Wildman–Crippen LogP) is 41.4. The molecule has 0 amide bonds. The summed E-state index contributed by atoms with van der Waals surface area (Å²) in [6.07, 6.45) is 0. The summed E-state index contributed by atoms with van der Waals surface area (Å²) in [6.45, 7) is -7.10. The van der Waals surface area contributed by atoms with Gasteiger partial charge in [0.05, 0.1) is 110 Å². The molecule has 1 unspecified atom stereocenters. The van der Waals surface area contributed by atoms with E-state index in [0.29, 0.717) is 0 Å². The van der Waals surface area contributed by atoms with Gasteiger partial charge in [0.25, 0.3) is 0 Å². The van der Waals surface area contributed by atoms with Crippen LogP contribution in [0.5, 0.6) is 0 Å². The maximum absolute atomic E-state index is 9.89. The number of benzene rings is 26. The molecule has 3 aliphatic rings. The highest BCUT2D eigenvalue weighted by molar-refractivity contribution is 6.27. The van der Waals surface area contributed by atoms with Gasteiger partial charge in [0, 0.05) is 60.9 Å². The Balaban J connectivity index is 0.000000146. The second-order valence-electron chi connectivity index (χ2n) is 35.3.